The number of halogens is 1. The molecule has 1 aromatic carbocycles. The van der Waals surface area contributed by atoms with Gasteiger partial charge in [0.15, 0.2) is 5.65 Å². The fraction of sp³-hybridized carbons (Fsp3) is 0.214. The number of hydrogen-bond acceptors (Lipinski definition) is 5. The van der Waals surface area contributed by atoms with Crippen molar-refractivity contribution in [3.8, 4) is 0 Å². The Bertz CT molecular complexity index is 713. The van der Waals surface area contributed by atoms with Crippen LogP contribution in [0.15, 0.2) is 36.8 Å². The molecule has 21 heavy (non-hydrogen) atoms. The average molecular weight is 304 g/mol. The van der Waals surface area contributed by atoms with Crippen LogP contribution in [0.5, 0.6) is 0 Å². The zero-order valence-corrected chi connectivity index (χ0v) is 12.0. The molecule has 0 aliphatic rings. The molecule has 2 aromatic heterocycles. The predicted octanol–water partition coefficient (Wildman–Crippen LogP) is 2.63. The first-order chi connectivity index (χ1) is 10.3. The molecule has 7 heteroatoms. The van der Waals surface area contributed by atoms with E-state index in [4.69, 9.17) is 16.3 Å². The molecule has 0 saturated carbocycles. The fourth-order valence-corrected chi connectivity index (χ4v) is 2.04. The van der Waals surface area contributed by atoms with Crippen molar-refractivity contribution in [3.63, 3.8) is 0 Å². The molecule has 0 aliphatic heterocycles. The summed E-state index contributed by atoms with van der Waals surface area (Å²) in [6, 6.07) is 7.62. The van der Waals surface area contributed by atoms with Gasteiger partial charge in [-0.2, -0.15) is 5.10 Å². The van der Waals surface area contributed by atoms with E-state index >= 15 is 0 Å². The van der Waals surface area contributed by atoms with Gasteiger partial charge >= 0.3 is 0 Å². The highest BCUT2D eigenvalue weighted by Crippen LogP contribution is 2.15. The second kappa shape index (κ2) is 6.51. The van der Waals surface area contributed by atoms with E-state index in [0.717, 1.165) is 27.4 Å². The molecular weight excluding hydrogens is 290 g/mol. The number of anilines is 1. The van der Waals surface area contributed by atoms with E-state index in [9.17, 15) is 0 Å². The van der Waals surface area contributed by atoms with E-state index < -0.39 is 0 Å². The van der Waals surface area contributed by atoms with Crippen molar-refractivity contribution in [1.29, 1.82) is 0 Å². The lowest BCUT2D eigenvalue weighted by atomic mass is 10.2. The van der Waals surface area contributed by atoms with Crippen LogP contribution in [0, 0.1) is 0 Å². The van der Waals surface area contributed by atoms with Crippen LogP contribution in [0.2, 0.25) is 5.02 Å². The number of ether oxygens (including phenoxy) is 1. The minimum atomic E-state index is 0.559. The van der Waals surface area contributed by atoms with Crippen LogP contribution in [0.25, 0.3) is 11.0 Å². The number of aromatic amines is 1. The molecule has 0 amide bonds. The third kappa shape index (κ3) is 3.48. The molecule has 3 aromatic rings. The van der Waals surface area contributed by atoms with Crippen LogP contribution < -0.4 is 5.32 Å². The molecule has 0 unspecified atom stereocenters. The van der Waals surface area contributed by atoms with Gasteiger partial charge in [0.25, 0.3) is 0 Å². The van der Waals surface area contributed by atoms with Gasteiger partial charge in [0.1, 0.15) is 12.1 Å². The molecule has 2 N–H and O–H groups in total. The summed E-state index contributed by atoms with van der Waals surface area (Å²) in [6.45, 7) is 1.79. The maximum Gasteiger partial charge on any atom is 0.160 e. The van der Waals surface area contributed by atoms with Gasteiger partial charge in [-0.25, -0.2) is 9.97 Å². The van der Waals surface area contributed by atoms with Crippen molar-refractivity contribution in [2.45, 2.75) is 6.61 Å². The summed E-state index contributed by atoms with van der Waals surface area (Å²) >= 11 is 5.83. The summed E-state index contributed by atoms with van der Waals surface area (Å²) < 4.78 is 5.60. The first-order valence-electron chi connectivity index (χ1n) is 6.53. The first-order valence-corrected chi connectivity index (χ1v) is 6.91. The van der Waals surface area contributed by atoms with Gasteiger partial charge in [-0.05, 0) is 17.7 Å². The molecule has 0 atom stereocenters. The minimum absolute atomic E-state index is 0.559. The van der Waals surface area contributed by atoms with Gasteiger partial charge in [-0.15, -0.1) is 0 Å². The number of fused-ring (bicyclic) bond motifs is 1. The summed E-state index contributed by atoms with van der Waals surface area (Å²) in [5.41, 5.74) is 1.81. The van der Waals surface area contributed by atoms with E-state index in [0.29, 0.717) is 19.8 Å². The SMILES string of the molecule is Clc1ccc(COCCNc2ncnc3[nH]ncc23)cc1. The molecule has 0 radical (unpaired) electrons. The van der Waals surface area contributed by atoms with Crippen LogP contribution in [0.1, 0.15) is 5.56 Å². The summed E-state index contributed by atoms with van der Waals surface area (Å²) in [4.78, 5) is 8.27. The standard InChI is InChI=1S/C14H14ClN5O/c15-11-3-1-10(2-4-11)8-21-6-5-16-13-12-7-19-20-14(12)18-9-17-13/h1-4,7,9H,5-6,8H2,(H2,16,17,18,19,20). The third-order valence-corrected chi connectivity index (χ3v) is 3.22. The molecule has 0 saturated heterocycles. The number of nitrogens with zero attached hydrogens (tertiary/aromatic N) is 3. The van der Waals surface area contributed by atoms with Gasteiger partial charge < -0.3 is 10.1 Å². The number of H-pyrrole nitrogens is 1. The Morgan fingerprint density at radius 3 is 2.90 bits per heavy atom. The maximum absolute atomic E-state index is 5.83. The number of rotatable bonds is 6. The van der Waals surface area contributed by atoms with Crippen molar-refractivity contribution in [2.24, 2.45) is 0 Å². The van der Waals surface area contributed by atoms with Gasteiger partial charge in [0.2, 0.25) is 0 Å². The van der Waals surface area contributed by atoms with Crippen LogP contribution in [-0.4, -0.2) is 33.3 Å². The van der Waals surface area contributed by atoms with Gasteiger partial charge in [0, 0.05) is 11.6 Å². The molecule has 2 heterocycles. The highest BCUT2D eigenvalue weighted by Gasteiger charge is 2.04. The molecule has 0 aliphatic carbocycles. The Labute approximate surface area is 126 Å². The van der Waals surface area contributed by atoms with Crippen molar-refractivity contribution < 1.29 is 4.74 Å². The molecule has 0 bridgehead atoms. The van der Waals surface area contributed by atoms with Crippen molar-refractivity contribution in [1.82, 2.24) is 20.2 Å². The van der Waals surface area contributed by atoms with Crippen molar-refractivity contribution in [3.05, 3.63) is 47.4 Å². The topological polar surface area (TPSA) is 75.7 Å². The molecule has 0 fully saturated rings. The maximum atomic E-state index is 5.83. The van der Waals surface area contributed by atoms with Crippen molar-refractivity contribution in [2.75, 3.05) is 18.5 Å². The van der Waals surface area contributed by atoms with E-state index in [1.807, 2.05) is 24.3 Å². The van der Waals surface area contributed by atoms with Crippen LogP contribution in [0.3, 0.4) is 0 Å². The van der Waals surface area contributed by atoms with Gasteiger partial charge in [-0.1, -0.05) is 23.7 Å². The number of aromatic nitrogens is 4. The normalized spacial score (nSPS) is 10.9. The van der Waals surface area contributed by atoms with Crippen LogP contribution in [-0.2, 0) is 11.3 Å². The first kappa shape index (κ1) is 13.8. The Morgan fingerprint density at radius 2 is 2.05 bits per heavy atom. The molecule has 3 rings (SSSR count). The minimum Gasteiger partial charge on any atom is -0.375 e. The summed E-state index contributed by atoms with van der Waals surface area (Å²) in [7, 11) is 0. The smallest absolute Gasteiger partial charge is 0.160 e. The zero-order chi connectivity index (χ0) is 14.5. The summed E-state index contributed by atoms with van der Waals surface area (Å²) in [5.74, 6) is 0.754. The van der Waals surface area contributed by atoms with E-state index in [1.165, 1.54) is 6.33 Å². The molecule has 6 nitrogen and oxygen atoms in total. The Hall–Kier alpha value is -2.18. The lowest BCUT2D eigenvalue weighted by Gasteiger charge is -2.07. The number of nitrogens with one attached hydrogen (secondary N) is 2. The van der Waals surface area contributed by atoms with Gasteiger partial charge in [-0.3, -0.25) is 5.10 Å². The Morgan fingerprint density at radius 1 is 1.19 bits per heavy atom. The highest BCUT2D eigenvalue weighted by atomic mass is 35.5. The quantitative estimate of drug-likeness (QED) is 0.685. The third-order valence-electron chi connectivity index (χ3n) is 2.97. The zero-order valence-electron chi connectivity index (χ0n) is 11.2. The van der Waals surface area contributed by atoms with Crippen LogP contribution in [0.4, 0.5) is 5.82 Å². The van der Waals surface area contributed by atoms with E-state index in [2.05, 4.69) is 25.5 Å². The van der Waals surface area contributed by atoms with Gasteiger partial charge in [0.05, 0.1) is 24.8 Å². The Kier molecular flexibility index (Phi) is 4.28. The average Bonchev–Trinajstić information content (AvgIpc) is 2.98. The van der Waals surface area contributed by atoms with Crippen molar-refractivity contribution >= 4 is 28.5 Å². The Balaban J connectivity index is 1.46. The number of benzene rings is 1. The summed E-state index contributed by atoms with van der Waals surface area (Å²) in [5, 5.41) is 11.6. The van der Waals surface area contributed by atoms with Crippen LogP contribution >= 0.6 is 11.6 Å². The molecular formula is C14H14ClN5O. The largest absolute Gasteiger partial charge is 0.375 e. The van der Waals surface area contributed by atoms with E-state index in [-0.39, 0.29) is 0 Å². The lowest BCUT2D eigenvalue weighted by molar-refractivity contribution is 0.130. The molecule has 0 spiro atoms. The highest BCUT2D eigenvalue weighted by molar-refractivity contribution is 6.30. The predicted molar refractivity (Wildman–Crippen MR) is 81.3 cm³/mol. The lowest BCUT2D eigenvalue weighted by Crippen LogP contribution is -2.10. The summed E-state index contributed by atoms with van der Waals surface area (Å²) in [6.07, 6.45) is 3.20. The molecule has 108 valence electrons. The monoisotopic (exact) mass is 303 g/mol. The van der Waals surface area contributed by atoms with E-state index in [1.54, 1.807) is 6.20 Å². The second-order valence-corrected chi connectivity index (χ2v) is 4.90. The fourth-order valence-electron chi connectivity index (χ4n) is 1.92. The number of hydrogen-bond donors (Lipinski definition) is 2. The second-order valence-electron chi connectivity index (χ2n) is 4.46.